The van der Waals surface area contributed by atoms with Crippen molar-refractivity contribution in [1.29, 1.82) is 5.26 Å². The first-order valence-corrected chi connectivity index (χ1v) is 11.8. The van der Waals surface area contributed by atoms with Crippen molar-refractivity contribution in [2.45, 2.75) is 38.1 Å². The SMILES string of the molecule is C[C@H](CN[C@H](c1ccccc1)[C@@H]1CNc2cccc(C#N)c2C1)c1ccc([C@H](C)C(=O)O)cc1. The molecule has 0 radical (unpaired) electrons. The smallest absolute Gasteiger partial charge is 0.310 e. The van der Waals surface area contributed by atoms with Crippen molar-refractivity contribution in [2.75, 3.05) is 18.4 Å². The fourth-order valence-electron chi connectivity index (χ4n) is 4.78. The highest BCUT2D eigenvalue weighted by Crippen LogP contribution is 2.34. The van der Waals surface area contributed by atoms with Crippen LogP contribution in [0, 0.1) is 17.2 Å². The minimum atomic E-state index is -0.810. The summed E-state index contributed by atoms with van der Waals surface area (Å²) in [7, 11) is 0. The molecule has 0 aliphatic carbocycles. The summed E-state index contributed by atoms with van der Waals surface area (Å²) in [4.78, 5) is 11.3. The molecule has 0 unspecified atom stereocenters. The second-order valence-electron chi connectivity index (χ2n) is 9.21. The maximum Gasteiger partial charge on any atom is 0.310 e. The summed E-state index contributed by atoms with van der Waals surface area (Å²) in [5.41, 5.74) is 6.14. The number of carboxylic acid groups (broad SMARTS) is 1. The minimum absolute atomic E-state index is 0.141. The number of aliphatic carboxylic acids is 1. The molecule has 3 aromatic carbocycles. The van der Waals surface area contributed by atoms with Crippen LogP contribution in [0.25, 0.3) is 0 Å². The van der Waals surface area contributed by atoms with E-state index in [2.05, 4.69) is 47.9 Å². The van der Waals surface area contributed by atoms with Gasteiger partial charge in [0.2, 0.25) is 0 Å². The predicted molar refractivity (Wildman–Crippen MR) is 135 cm³/mol. The molecule has 3 aromatic rings. The Kier molecular flexibility index (Phi) is 7.30. The first kappa shape index (κ1) is 23.5. The third-order valence-electron chi connectivity index (χ3n) is 6.97. The second kappa shape index (κ2) is 10.5. The molecule has 0 spiro atoms. The lowest BCUT2D eigenvalue weighted by Crippen LogP contribution is -2.37. The molecule has 1 aliphatic rings. The topological polar surface area (TPSA) is 85.1 Å². The monoisotopic (exact) mass is 453 g/mol. The van der Waals surface area contributed by atoms with Gasteiger partial charge in [-0.05, 0) is 59.6 Å². The molecule has 1 aliphatic heterocycles. The molecule has 4 rings (SSSR count). The van der Waals surface area contributed by atoms with E-state index in [4.69, 9.17) is 0 Å². The summed E-state index contributed by atoms with van der Waals surface area (Å²) >= 11 is 0. The third kappa shape index (κ3) is 5.13. The van der Waals surface area contributed by atoms with Gasteiger partial charge in [-0.2, -0.15) is 5.26 Å². The average molecular weight is 454 g/mol. The van der Waals surface area contributed by atoms with Crippen LogP contribution in [0.2, 0.25) is 0 Å². The number of hydrogen-bond acceptors (Lipinski definition) is 4. The molecule has 34 heavy (non-hydrogen) atoms. The molecule has 0 saturated heterocycles. The van der Waals surface area contributed by atoms with Crippen LogP contribution in [0.1, 0.15) is 59.5 Å². The van der Waals surface area contributed by atoms with Crippen LogP contribution < -0.4 is 10.6 Å². The van der Waals surface area contributed by atoms with E-state index in [1.165, 1.54) is 11.1 Å². The van der Waals surface area contributed by atoms with Gasteiger partial charge in [0.05, 0.1) is 17.6 Å². The Labute approximate surface area is 201 Å². The fraction of sp³-hybridized carbons (Fsp3) is 0.310. The molecule has 1 heterocycles. The number of carbonyl (C=O) groups is 1. The van der Waals surface area contributed by atoms with E-state index < -0.39 is 11.9 Å². The van der Waals surface area contributed by atoms with Gasteiger partial charge >= 0.3 is 5.97 Å². The van der Waals surface area contributed by atoms with E-state index in [0.717, 1.165) is 41.9 Å². The van der Waals surface area contributed by atoms with Gasteiger partial charge in [0.1, 0.15) is 0 Å². The number of nitrogens with zero attached hydrogens (tertiary/aromatic N) is 1. The molecule has 4 atom stereocenters. The van der Waals surface area contributed by atoms with E-state index in [9.17, 15) is 15.2 Å². The summed E-state index contributed by atoms with van der Waals surface area (Å²) in [6.07, 6.45) is 0.842. The van der Waals surface area contributed by atoms with Crippen LogP contribution in [-0.2, 0) is 11.2 Å². The number of carboxylic acids is 1. The van der Waals surface area contributed by atoms with Gasteiger partial charge in [0, 0.05) is 24.8 Å². The van der Waals surface area contributed by atoms with Crippen LogP contribution in [0.15, 0.2) is 72.8 Å². The molecule has 0 amide bonds. The van der Waals surface area contributed by atoms with Crippen LogP contribution in [0.5, 0.6) is 0 Å². The lowest BCUT2D eigenvalue weighted by atomic mass is 9.83. The second-order valence-corrected chi connectivity index (χ2v) is 9.21. The Morgan fingerprint density at radius 3 is 2.41 bits per heavy atom. The number of hydrogen-bond donors (Lipinski definition) is 3. The van der Waals surface area contributed by atoms with Gasteiger partial charge in [0.25, 0.3) is 0 Å². The Morgan fingerprint density at radius 1 is 1.03 bits per heavy atom. The standard InChI is InChI=1S/C29H31N3O2/c1-19(21-11-13-22(14-12-21)20(2)29(33)34)17-32-28(23-7-4-3-5-8-23)25-15-26-24(16-30)9-6-10-27(26)31-18-25/h3-14,19-20,25,28,31-32H,15,17-18H2,1-2H3,(H,33,34)/t19-,20+,25+,28-/m1/s1. The summed E-state index contributed by atoms with van der Waals surface area (Å²) in [5, 5.41) is 26.2. The predicted octanol–water partition coefficient (Wildman–Crippen LogP) is 5.47. The largest absolute Gasteiger partial charge is 0.481 e. The number of nitrogens with one attached hydrogen (secondary N) is 2. The summed E-state index contributed by atoms with van der Waals surface area (Å²) in [6.45, 7) is 5.52. The van der Waals surface area contributed by atoms with E-state index in [1.807, 2.05) is 48.5 Å². The van der Waals surface area contributed by atoms with Gasteiger partial charge < -0.3 is 15.7 Å². The lowest BCUT2D eigenvalue weighted by molar-refractivity contribution is -0.138. The molecule has 5 heteroatoms. The molecule has 0 saturated carbocycles. The minimum Gasteiger partial charge on any atom is -0.481 e. The molecular formula is C29H31N3O2. The van der Waals surface area contributed by atoms with Crippen molar-refractivity contribution in [1.82, 2.24) is 5.32 Å². The van der Waals surface area contributed by atoms with Crippen molar-refractivity contribution >= 4 is 11.7 Å². The molecule has 0 aromatic heterocycles. The fourth-order valence-corrected chi connectivity index (χ4v) is 4.78. The zero-order valence-corrected chi connectivity index (χ0v) is 19.7. The lowest BCUT2D eigenvalue weighted by Gasteiger charge is -2.34. The number of anilines is 1. The summed E-state index contributed by atoms with van der Waals surface area (Å²) < 4.78 is 0. The van der Waals surface area contributed by atoms with Crippen molar-refractivity contribution in [2.24, 2.45) is 5.92 Å². The van der Waals surface area contributed by atoms with Crippen molar-refractivity contribution < 1.29 is 9.90 Å². The van der Waals surface area contributed by atoms with Gasteiger partial charge in [-0.1, -0.05) is 67.6 Å². The molecule has 0 bridgehead atoms. The van der Waals surface area contributed by atoms with Crippen LogP contribution in [0.3, 0.4) is 0 Å². The summed E-state index contributed by atoms with van der Waals surface area (Å²) in [5.74, 6) is -0.755. The van der Waals surface area contributed by atoms with E-state index in [0.29, 0.717) is 5.92 Å². The molecule has 174 valence electrons. The molecule has 5 nitrogen and oxygen atoms in total. The van der Waals surface area contributed by atoms with Crippen LogP contribution in [-0.4, -0.2) is 24.2 Å². The number of rotatable bonds is 8. The van der Waals surface area contributed by atoms with Crippen LogP contribution in [0.4, 0.5) is 5.69 Å². The van der Waals surface area contributed by atoms with Gasteiger partial charge in [-0.3, -0.25) is 4.79 Å². The first-order valence-electron chi connectivity index (χ1n) is 11.8. The molecular weight excluding hydrogens is 422 g/mol. The maximum absolute atomic E-state index is 11.3. The van der Waals surface area contributed by atoms with Gasteiger partial charge in [-0.15, -0.1) is 0 Å². The Balaban J connectivity index is 1.51. The number of nitriles is 1. The van der Waals surface area contributed by atoms with Crippen molar-refractivity contribution in [3.63, 3.8) is 0 Å². The highest BCUT2D eigenvalue weighted by atomic mass is 16.4. The zero-order valence-electron chi connectivity index (χ0n) is 19.7. The quantitative estimate of drug-likeness (QED) is 0.421. The number of benzene rings is 3. The van der Waals surface area contributed by atoms with E-state index >= 15 is 0 Å². The van der Waals surface area contributed by atoms with E-state index in [1.54, 1.807) is 6.92 Å². The zero-order chi connectivity index (χ0) is 24.1. The first-order chi connectivity index (χ1) is 16.5. The maximum atomic E-state index is 11.3. The molecule has 3 N–H and O–H groups in total. The van der Waals surface area contributed by atoms with Crippen molar-refractivity contribution in [3.05, 3.63) is 101 Å². The Bertz CT molecular complexity index is 1170. The van der Waals surface area contributed by atoms with Gasteiger partial charge in [0.15, 0.2) is 0 Å². The van der Waals surface area contributed by atoms with Gasteiger partial charge in [-0.25, -0.2) is 0 Å². The number of fused-ring (bicyclic) bond motifs is 1. The highest BCUT2D eigenvalue weighted by molar-refractivity contribution is 5.75. The molecule has 0 fully saturated rings. The summed E-state index contributed by atoms with van der Waals surface area (Å²) in [6, 6.07) is 26.8. The van der Waals surface area contributed by atoms with E-state index in [-0.39, 0.29) is 12.0 Å². The van der Waals surface area contributed by atoms with Crippen LogP contribution >= 0.6 is 0 Å². The Hall–Kier alpha value is -3.62. The average Bonchev–Trinajstić information content (AvgIpc) is 2.88. The third-order valence-corrected chi connectivity index (χ3v) is 6.97. The Morgan fingerprint density at radius 2 is 1.74 bits per heavy atom. The highest BCUT2D eigenvalue weighted by Gasteiger charge is 2.29. The van der Waals surface area contributed by atoms with Crippen molar-refractivity contribution in [3.8, 4) is 6.07 Å². The normalized spacial score (nSPS) is 17.5.